The minimum atomic E-state index is -0.482. The molecular weight excluding hydrogens is 381 g/mol. The van der Waals surface area contributed by atoms with Crippen molar-refractivity contribution in [2.75, 3.05) is 23.9 Å². The molecule has 0 aromatic heterocycles. The van der Waals surface area contributed by atoms with Gasteiger partial charge in [-0.1, -0.05) is 25.1 Å². The molecule has 1 N–H and O–H groups in total. The van der Waals surface area contributed by atoms with E-state index in [1.807, 2.05) is 6.92 Å². The molecule has 0 unspecified atom stereocenters. The van der Waals surface area contributed by atoms with Gasteiger partial charge < -0.3 is 9.84 Å². The number of aliphatic hydroxyl groups is 1. The number of rotatable bonds is 8. The van der Waals surface area contributed by atoms with Crippen LogP contribution in [0, 0.1) is 5.82 Å². The summed E-state index contributed by atoms with van der Waals surface area (Å²) in [6, 6.07) is 12.2. The Bertz CT molecular complexity index is 911. The molecule has 5 nitrogen and oxygen atoms in total. The highest BCUT2D eigenvalue weighted by Gasteiger charge is 2.40. The van der Waals surface area contributed by atoms with Crippen LogP contribution >= 0.6 is 11.8 Å². The minimum Gasteiger partial charge on any atom is -0.494 e. The maximum absolute atomic E-state index is 13.3. The van der Waals surface area contributed by atoms with Crippen molar-refractivity contribution in [1.82, 2.24) is 0 Å². The summed E-state index contributed by atoms with van der Waals surface area (Å²) in [5.74, 6) is -0.532. The maximum Gasteiger partial charge on any atom is 0.272 e. The smallest absolute Gasteiger partial charge is 0.272 e. The molecule has 0 fully saturated rings. The Labute approximate surface area is 166 Å². The fourth-order valence-electron chi connectivity index (χ4n) is 2.83. The predicted octanol–water partition coefficient (Wildman–Crippen LogP) is 3.62. The number of carbonyl (C=O) groups excluding carboxylic acids is 2. The van der Waals surface area contributed by atoms with E-state index in [4.69, 9.17) is 9.84 Å². The van der Waals surface area contributed by atoms with Crippen molar-refractivity contribution in [3.05, 3.63) is 64.8 Å². The Morgan fingerprint density at radius 3 is 2.54 bits per heavy atom. The first-order valence-corrected chi connectivity index (χ1v) is 9.91. The fraction of sp³-hybridized carbons (Fsp3) is 0.238. The van der Waals surface area contributed by atoms with E-state index in [1.54, 1.807) is 24.3 Å². The molecule has 0 radical (unpaired) electrons. The van der Waals surface area contributed by atoms with Crippen LogP contribution in [-0.2, 0) is 9.59 Å². The van der Waals surface area contributed by atoms with Crippen molar-refractivity contribution in [1.29, 1.82) is 0 Å². The molecule has 1 aliphatic rings. The number of benzene rings is 2. The van der Waals surface area contributed by atoms with Gasteiger partial charge in [0.1, 0.15) is 11.6 Å². The van der Waals surface area contributed by atoms with Crippen molar-refractivity contribution in [2.45, 2.75) is 13.3 Å². The first kappa shape index (κ1) is 20.1. The molecule has 3 rings (SSSR count). The molecule has 2 aromatic carbocycles. The lowest BCUT2D eigenvalue weighted by atomic mass is 10.1. The highest BCUT2D eigenvalue weighted by atomic mass is 32.2. The van der Waals surface area contributed by atoms with Crippen LogP contribution in [0.2, 0.25) is 0 Å². The van der Waals surface area contributed by atoms with Crippen molar-refractivity contribution < 1.29 is 23.8 Å². The summed E-state index contributed by atoms with van der Waals surface area (Å²) in [7, 11) is 0. The van der Waals surface area contributed by atoms with E-state index >= 15 is 0 Å². The maximum atomic E-state index is 13.3. The van der Waals surface area contributed by atoms with Gasteiger partial charge >= 0.3 is 0 Å². The van der Waals surface area contributed by atoms with E-state index in [-0.39, 0.29) is 22.8 Å². The summed E-state index contributed by atoms with van der Waals surface area (Å²) in [5.41, 5.74) is 1.08. The van der Waals surface area contributed by atoms with E-state index < -0.39 is 17.6 Å². The highest BCUT2D eigenvalue weighted by Crippen LogP contribution is 2.39. The lowest BCUT2D eigenvalue weighted by Crippen LogP contribution is -2.31. The monoisotopic (exact) mass is 401 g/mol. The van der Waals surface area contributed by atoms with Crippen LogP contribution in [0.3, 0.4) is 0 Å². The van der Waals surface area contributed by atoms with Crippen LogP contribution in [0.25, 0.3) is 5.57 Å². The number of ether oxygens (including phenoxy) is 1. The summed E-state index contributed by atoms with van der Waals surface area (Å²) < 4.78 is 18.9. The largest absolute Gasteiger partial charge is 0.494 e. The van der Waals surface area contributed by atoms with E-state index in [0.717, 1.165) is 23.1 Å². The molecule has 0 aliphatic carbocycles. The number of hydrogen-bond acceptors (Lipinski definition) is 5. The number of carbonyl (C=O) groups is 2. The number of nitrogens with zero attached hydrogens (tertiary/aromatic N) is 1. The molecule has 146 valence electrons. The quantitative estimate of drug-likeness (QED) is 0.685. The number of hydrogen-bond donors (Lipinski definition) is 1. The van der Waals surface area contributed by atoms with E-state index in [0.29, 0.717) is 23.6 Å². The molecule has 0 spiro atoms. The molecule has 1 heterocycles. The van der Waals surface area contributed by atoms with E-state index in [9.17, 15) is 14.0 Å². The van der Waals surface area contributed by atoms with Gasteiger partial charge in [0.25, 0.3) is 11.8 Å². The van der Waals surface area contributed by atoms with Crippen LogP contribution in [0.5, 0.6) is 5.75 Å². The van der Waals surface area contributed by atoms with Gasteiger partial charge in [0.2, 0.25) is 0 Å². The highest BCUT2D eigenvalue weighted by molar-refractivity contribution is 8.04. The number of anilines is 1. The van der Waals surface area contributed by atoms with Crippen molar-refractivity contribution in [3.63, 3.8) is 0 Å². The third-order valence-electron chi connectivity index (χ3n) is 4.06. The Kier molecular flexibility index (Phi) is 6.49. The number of thioether (sulfide) groups is 1. The zero-order chi connectivity index (χ0) is 20.1. The van der Waals surface area contributed by atoms with Crippen LogP contribution in [0.15, 0.2) is 53.4 Å². The molecule has 2 aromatic rings. The molecule has 7 heteroatoms. The summed E-state index contributed by atoms with van der Waals surface area (Å²) in [5, 5.41) is 9.15. The Morgan fingerprint density at radius 2 is 1.86 bits per heavy atom. The SMILES string of the molecule is CCCOc1cccc(N2C(=O)C(SCCO)=C(c3ccc(F)cc3)C2=O)c1. The summed E-state index contributed by atoms with van der Waals surface area (Å²) >= 11 is 1.11. The molecule has 0 bridgehead atoms. The normalized spacial score (nSPS) is 14.2. The minimum absolute atomic E-state index is 0.132. The van der Waals surface area contributed by atoms with Gasteiger partial charge in [0, 0.05) is 11.8 Å². The van der Waals surface area contributed by atoms with Gasteiger partial charge in [-0.3, -0.25) is 9.59 Å². The Morgan fingerprint density at radius 1 is 1.11 bits per heavy atom. The van der Waals surface area contributed by atoms with Gasteiger partial charge in [0.15, 0.2) is 0 Å². The molecule has 0 atom stereocenters. The van der Waals surface area contributed by atoms with Crippen LogP contribution in [0.4, 0.5) is 10.1 Å². The van der Waals surface area contributed by atoms with Crippen LogP contribution in [-0.4, -0.2) is 35.9 Å². The average molecular weight is 401 g/mol. The second-order valence-corrected chi connectivity index (χ2v) is 7.18. The van der Waals surface area contributed by atoms with Crippen LogP contribution < -0.4 is 9.64 Å². The third kappa shape index (κ3) is 4.10. The summed E-state index contributed by atoms with van der Waals surface area (Å²) in [4.78, 5) is 27.5. The van der Waals surface area contributed by atoms with Crippen molar-refractivity contribution in [3.8, 4) is 5.75 Å². The zero-order valence-electron chi connectivity index (χ0n) is 15.4. The summed E-state index contributed by atoms with van der Waals surface area (Å²) in [6.45, 7) is 2.38. The fourth-order valence-corrected chi connectivity index (χ4v) is 3.69. The molecule has 0 saturated heterocycles. The molecule has 0 saturated carbocycles. The third-order valence-corrected chi connectivity index (χ3v) is 5.11. The molecular formula is C21H20FNO4S. The van der Waals surface area contributed by atoms with Crippen molar-refractivity contribution in [2.24, 2.45) is 0 Å². The van der Waals surface area contributed by atoms with Crippen LogP contribution in [0.1, 0.15) is 18.9 Å². The number of halogens is 1. The Hall–Kier alpha value is -2.64. The van der Waals surface area contributed by atoms with Gasteiger partial charge in [-0.05, 0) is 36.2 Å². The first-order chi connectivity index (χ1) is 13.6. The van der Waals surface area contributed by atoms with Gasteiger partial charge in [-0.25, -0.2) is 9.29 Å². The molecule has 2 amide bonds. The van der Waals surface area contributed by atoms with Gasteiger partial charge in [-0.2, -0.15) is 0 Å². The van der Waals surface area contributed by atoms with Crippen molar-refractivity contribution >= 4 is 34.8 Å². The Balaban J connectivity index is 1.99. The predicted molar refractivity (Wildman–Crippen MR) is 108 cm³/mol. The lowest BCUT2D eigenvalue weighted by Gasteiger charge is -2.16. The topological polar surface area (TPSA) is 66.8 Å². The van der Waals surface area contributed by atoms with E-state index in [1.165, 1.54) is 24.3 Å². The van der Waals surface area contributed by atoms with E-state index in [2.05, 4.69) is 0 Å². The molecule has 28 heavy (non-hydrogen) atoms. The zero-order valence-corrected chi connectivity index (χ0v) is 16.2. The van der Waals surface area contributed by atoms with Gasteiger partial charge in [-0.15, -0.1) is 11.8 Å². The van der Waals surface area contributed by atoms with Gasteiger partial charge in [0.05, 0.1) is 29.4 Å². The second kappa shape index (κ2) is 9.03. The molecule has 1 aliphatic heterocycles. The second-order valence-electron chi connectivity index (χ2n) is 6.07. The summed E-state index contributed by atoms with van der Waals surface area (Å²) in [6.07, 6.45) is 0.837. The standard InChI is InChI=1S/C21H20FNO4S/c1-2-11-27-17-5-3-4-16(13-17)23-20(25)18(14-6-8-15(22)9-7-14)19(21(23)26)28-12-10-24/h3-9,13,24H,2,10-12H2,1H3. The average Bonchev–Trinajstić information content (AvgIpc) is 2.95. The number of amides is 2. The number of imide groups is 1. The number of aliphatic hydroxyl groups excluding tert-OH is 1. The lowest BCUT2D eigenvalue weighted by molar-refractivity contribution is -0.119. The first-order valence-electron chi connectivity index (χ1n) is 8.92.